The first-order valence-corrected chi connectivity index (χ1v) is 18.6. The molecule has 246 valence electrons. The Kier molecular flexibility index (Phi) is 5.89. The maximum absolute atomic E-state index is 2.54. The minimum absolute atomic E-state index is 0.134. The molecule has 0 amide bonds. The lowest BCUT2D eigenvalue weighted by atomic mass is 9.78. The van der Waals surface area contributed by atoms with Gasteiger partial charge in [0.2, 0.25) is 0 Å². The lowest BCUT2D eigenvalue weighted by Gasteiger charge is -2.24. The van der Waals surface area contributed by atoms with E-state index in [0.717, 1.165) is 0 Å². The molecule has 0 spiro atoms. The zero-order chi connectivity index (χ0) is 34.9. The highest BCUT2D eigenvalue weighted by Gasteiger charge is 2.42. The molecule has 52 heavy (non-hydrogen) atoms. The molecule has 0 radical (unpaired) electrons. The normalized spacial score (nSPS) is 14.8. The van der Waals surface area contributed by atoms with Gasteiger partial charge in [0.15, 0.2) is 0 Å². The third-order valence-electron chi connectivity index (χ3n) is 12.6. The average Bonchev–Trinajstić information content (AvgIpc) is 3.53. The SMILES string of the molecule is CC1(C)c2cc(-c3c4ccccc4cc4ccccc34)ccc2-c2cc3c(cc21)-c1ccc(-c2c4ccccc4cc4ccccc24)cc1C3(C)C. The van der Waals surface area contributed by atoms with E-state index >= 15 is 0 Å². The van der Waals surface area contributed by atoms with Gasteiger partial charge in [0.1, 0.15) is 0 Å². The van der Waals surface area contributed by atoms with Gasteiger partial charge in [-0.1, -0.05) is 149 Å². The van der Waals surface area contributed by atoms with Crippen molar-refractivity contribution in [2.24, 2.45) is 0 Å². The highest BCUT2D eigenvalue weighted by Crippen LogP contribution is 2.57. The largest absolute Gasteiger partial charge is 0.0616 e. The van der Waals surface area contributed by atoms with Gasteiger partial charge in [-0.05, 0) is 146 Å². The van der Waals surface area contributed by atoms with Crippen LogP contribution in [0.2, 0.25) is 0 Å². The molecule has 9 aromatic rings. The molecule has 0 heterocycles. The molecule has 0 saturated heterocycles. The van der Waals surface area contributed by atoms with Crippen molar-refractivity contribution in [2.45, 2.75) is 38.5 Å². The van der Waals surface area contributed by atoms with Crippen molar-refractivity contribution >= 4 is 43.1 Å². The molecule has 0 fully saturated rings. The van der Waals surface area contributed by atoms with E-state index in [1.165, 1.54) is 110 Å². The van der Waals surface area contributed by atoms with E-state index in [9.17, 15) is 0 Å². The highest BCUT2D eigenvalue weighted by molar-refractivity contribution is 6.14. The second kappa shape index (κ2) is 10.3. The zero-order valence-corrected chi connectivity index (χ0v) is 30.0. The van der Waals surface area contributed by atoms with Crippen molar-refractivity contribution in [2.75, 3.05) is 0 Å². The average molecular weight is 663 g/mol. The molecular formula is C52H38. The van der Waals surface area contributed by atoms with Gasteiger partial charge in [-0.25, -0.2) is 0 Å². The van der Waals surface area contributed by atoms with Gasteiger partial charge in [0, 0.05) is 10.8 Å². The van der Waals surface area contributed by atoms with Gasteiger partial charge in [-0.2, -0.15) is 0 Å². The van der Waals surface area contributed by atoms with Gasteiger partial charge in [-0.3, -0.25) is 0 Å². The summed E-state index contributed by atoms with van der Waals surface area (Å²) in [5, 5.41) is 10.4. The quantitative estimate of drug-likeness (QED) is 0.162. The number of hydrogen-bond acceptors (Lipinski definition) is 0. The summed E-state index contributed by atoms with van der Waals surface area (Å²) in [5.41, 5.74) is 16.1. The van der Waals surface area contributed by atoms with Crippen molar-refractivity contribution in [1.29, 1.82) is 0 Å². The molecule has 0 aromatic heterocycles. The molecule has 0 unspecified atom stereocenters. The van der Waals surface area contributed by atoms with Crippen LogP contribution in [0, 0.1) is 0 Å². The number of benzene rings is 9. The summed E-state index contributed by atoms with van der Waals surface area (Å²) in [7, 11) is 0. The summed E-state index contributed by atoms with van der Waals surface area (Å²) in [6, 6.07) is 59.6. The zero-order valence-electron chi connectivity index (χ0n) is 30.0. The summed E-state index contributed by atoms with van der Waals surface area (Å²) in [4.78, 5) is 0. The van der Waals surface area contributed by atoms with E-state index in [0.29, 0.717) is 0 Å². The molecule has 0 nitrogen and oxygen atoms in total. The molecule has 2 aliphatic rings. The van der Waals surface area contributed by atoms with Gasteiger partial charge in [0.05, 0.1) is 0 Å². The number of fused-ring (bicyclic) bond motifs is 10. The summed E-state index contributed by atoms with van der Waals surface area (Å²) in [6.45, 7) is 9.69. The topological polar surface area (TPSA) is 0 Å². The van der Waals surface area contributed by atoms with Crippen molar-refractivity contribution in [1.82, 2.24) is 0 Å². The number of rotatable bonds is 2. The van der Waals surface area contributed by atoms with Crippen LogP contribution in [0.15, 0.2) is 158 Å². The number of hydrogen-bond donors (Lipinski definition) is 0. The van der Waals surface area contributed by atoms with Crippen LogP contribution in [0.25, 0.3) is 87.6 Å². The lowest BCUT2D eigenvalue weighted by Crippen LogP contribution is -2.17. The third kappa shape index (κ3) is 3.93. The Labute approximate surface area is 305 Å². The molecule has 0 bridgehead atoms. The molecule has 0 aliphatic heterocycles. The Morgan fingerprint density at radius 1 is 0.288 bits per heavy atom. The van der Waals surface area contributed by atoms with Crippen LogP contribution >= 0.6 is 0 Å². The molecular weight excluding hydrogens is 625 g/mol. The fourth-order valence-corrected chi connectivity index (χ4v) is 9.92. The van der Waals surface area contributed by atoms with E-state index in [1.807, 2.05) is 0 Å². The predicted molar refractivity (Wildman–Crippen MR) is 222 cm³/mol. The first-order valence-electron chi connectivity index (χ1n) is 18.6. The van der Waals surface area contributed by atoms with Crippen molar-refractivity contribution in [3.05, 3.63) is 180 Å². The van der Waals surface area contributed by atoms with Gasteiger partial charge in [0.25, 0.3) is 0 Å². The first kappa shape index (κ1) is 29.7. The predicted octanol–water partition coefficient (Wildman–Crippen LogP) is 14.2. The summed E-state index contributed by atoms with van der Waals surface area (Å²) < 4.78 is 0. The molecule has 0 heteroatoms. The van der Waals surface area contributed by atoms with Crippen molar-refractivity contribution in [3.63, 3.8) is 0 Å². The van der Waals surface area contributed by atoms with Crippen LogP contribution in [-0.2, 0) is 10.8 Å². The highest BCUT2D eigenvalue weighted by atomic mass is 14.4. The third-order valence-corrected chi connectivity index (χ3v) is 12.6. The summed E-state index contributed by atoms with van der Waals surface area (Å²) in [6.07, 6.45) is 0. The van der Waals surface area contributed by atoms with Gasteiger partial charge < -0.3 is 0 Å². The molecule has 0 atom stereocenters. The Bertz CT molecular complexity index is 2690. The minimum atomic E-state index is -0.134. The van der Waals surface area contributed by atoms with Crippen LogP contribution in [0.5, 0.6) is 0 Å². The van der Waals surface area contributed by atoms with Crippen LogP contribution in [0.4, 0.5) is 0 Å². The monoisotopic (exact) mass is 662 g/mol. The molecule has 9 aromatic carbocycles. The molecule has 11 rings (SSSR count). The van der Waals surface area contributed by atoms with Gasteiger partial charge >= 0.3 is 0 Å². The molecule has 0 N–H and O–H groups in total. The molecule has 2 aliphatic carbocycles. The van der Waals surface area contributed by atoms with Gasteiger partial charge in [-0.15, -0.1) is 0 Å². The minimum Gasteiger partial charge on any atom is -0.0616 e. The molecule has 0 saturated carbocycles. The maximum atomic E-state index is 2.54. The lowest BCUT2D eigenvalue weighted by molar-refractivity contribution is 0.652. The second-order valence-corrected chi connectivity index (χ2v) is 16.1. The first-order chi connectivity index (χ1) is 25.3. The Morgan fingerprint density at radius 3 is 0.942 bits per heavy atom. The maximum Gasteiger partial charge on any atom is 0.0159 e. The Morgan fingerprint density at radius 2 is 0.596 bits per heavy atom. The van der Waals surface area contributed by atoms with Crippen molar-refractivity contribution < 1.29 is 0 Å². The van der Waals surface area contributed by atoms with Crippen LogP contribution in [-0.4, -0.2) is 0 Å². The van der Waals surface area contributed by atoms with Crippen LogP contribution in [0.3, 0.4) is 0 Å². The Hall–Kier alpha value is -5.98. The summed E-state index contributed by atoms with van der Waals surface area (Å²) >= 11 is 0. The fraction of sp³-hybridized carbons (Fsp3) is 0.115. The standard InChI is InChI=1S/C52H38/c1-51(2)45-27-35(49-37-17-9-5-13-31(37)25-32-14-6-10-18-38(32)49)21-23-41(45)43-30-48-44(29-47(43)51)42-24-22-36(28-46(42)52(48,3)4)50-39-19-11-7-15-33(39)26-34-16-8-12-20-40(34)50/h5-30H,1-4H3. The van der Waals surface area contributed by atoms with E-state index in [-0.39, 0.29) is 10.8 Å². The van der Waals surface area contributed by atoms with E-state index in [1.54, 1.807) is 0 Å². The second-order valence-electron chi connectivity index (χ2n) is 16.1. The fourth-order valence-electron chi connectivity index (χ4n) is 9.92. The Balaban J connectivity index is 1.07. The van der Waals surface area contributed by atoms with Crippen LogP contribution in [0.1, 0.15) is 49.9 Å². The van der Waals surface area contributed by atoms with E-state index < -0.39 is 0 Å². The van der Waals surface area contributed by atoms with Crippen LogP contribution < -0.4 is 0 Å². The van der Waals surface area contributed by atoms with E-state index in [2.05, 4.69) is 185 Å². The summed E-state index contributed by atoms with van der Waals surface area (Å²) in [5.74, 6) is 0. The van der Waals surface area contributed by atoms with Crippen molar-refractivity contribution in [3.8, 4) is 44.5 Å². The van der Waals surface area contributed by atoms with E-state index in [4.69, 9.17) is 0 Å². The smallest absolute Gasteiger partial charge is 0.0159 e.